The molecule has 0 spiro atoms. The first kappa shape index (κ1) is 12.5. The molecule has 0 saturated heterocycles. The van der Waals surface area contributed by atoms with E-state index in [9.17, 15) is 8.78 Å². The standard InChI is InChI=1S/C10H12BrF2NO/c11-8-6-9(12)7(5-10(8)13)1-3-15-4-2-14/h5-6H,1-4,14H2. The Morgan fingerprint density at radius 2 is 1.93 bits per heavy atom. The highest BCUT2D eigenvalue weighted by atomic mass is 79.9. The van der Waals surface area contributed by atoms with Gasteiger partial charge in [0, 0.05) is 6.54 Å². The summed E-state index contributed by atoms with van der Waals surface area (Å²) in [5.74, 6) is -0.898. The molecule has 0 aliphatic heterocycles. The Kier molecular flexibility index (Phi) is 5.14. The Morgan fingerprint density at radius 3 is 2.60 bits per heavy atom. The highest BCUT2D eigenvalue weighted by molar-refractivity contribution is 9.10. The molecule has 2 N–H and O–H groups in total. The molecule has 0 heterocycles. The van der Waals surface area contributed by atoms with Gasteiger partial charge in [-0.1, -0.05) is 0 Å². The van der Waals surface area contributed by atoms with Gasteiger partial charge in [-0.25, -0.2) is 8.78 Å². The van der Waals surface area contributed by atoms with Gasteiger partial charge in [-0.15, -0.1) is 0 Å². The van der Waals surface area contributed by atoms with E-state index in [1.165, 1.54) is 6.07 Å². The Bertz CT molecular complexity index is 333. The molecule has 0 aromatic heterocycles. The molecule has 84 valence electrons. The van der Waals surface area contributed by atoms with Crippen LogP contribution in [0.2, 0.25) is 0 Å². The van der Waals surface area contributed by atoms with E-state index in [0.29, 0.717) is 31.7 Å². The number of halogens is 3. The van der Waals surface area contributed by atoms with Crippen LogP contribution in [0.15, 0.2) is 16.6 Å². The van der Waals surface area contributed by atoms with Gasteiger partial charge in [-0.3, -0.25) is 0 Å². The quantitative estimate of drug-likeness (QED) is 0.663. The zero-order chi connectivity index (χ0) is 11.3. The van der Waals surface area contributed by atoms with Gasteiger partial charge in [0.1, 0.15) is 11.6 Å². The minimum absolute atomic E-state index is 0.131. The van der Waals surface area contributed by atoms with E-state index in [2.05, 4.69) is 15.9 Å². The number of nitrogens with two attached hydrogens (primary N) is 1. The third-order valence-corrected chi connectivity index (χ3v) is 2.47. The molecule has 0 atom stereocenters. The van der Waals surface area contributed by atoms with E-state index in [0.717, 1.165) is 6.07 Å². The predicted molar refractivity (Wildman–Crippen MR) is 57.6 cm³/mol. The second kappa shape index (κ2) is 6.15. The van der Waals surface area contributed by atoms with Crippen LogP contribution in [0.3, 0.4) is 0 Å². The monoisotopic (exact) mass is 279 g/mol. The van der Waals surface area contributed by atoms with Gasteiger partial charge in [0.05, 0.1) is 17.7 Å². The lowest BCUT2D eigenvalue weighted by atomic mass is 10.1. The highest BCUT2D eigenvalue weighted by Gasteiger charge is 2.07. The summed E-state index contributed by atoms with van der Waals surface area (Å²) in [6.45, 7) is 1.20. The van der Waals surface area contributed by atoms with Gasteiger partial charge < -0.3 is 10.5 Å². The Labute approximate surface area is 95.5 Å². The van der Waals surface area contributed by atoms with E-state index in [4.69, 9.17) is 10.5 Å². The molecule has 1 rings (SSSR count). The fourth-order valence-electron chi connectivity index (χ4n) is 1.12. The SMILES string of the molecule is NCCOCCc1cc(F)c(Br)cc1F. The molecular formula is C10H12BrF2NO. The molecule has 0 unspecified atom stereocenters. The summed E-state index contributed by atoms with van der Waals surface area (Å²) >= 11 is 2.91. The zero-order valence-electron chi connectivity index (χ0n) is 8.10. The van der Waals surface area contributed by atoms with E-state index in [-0.39, 0.29) is 4.47 Å². The summed E-state index contributed by atoms with van der Waals surface area (Å²) in [6.07, 6.45) is 0.343. The first-order chi connectivity index (χ1) is 7.15. The average molecular weight is 280 g/mol. The molecule has 5 heteroatoms. The van der Waals surface area contributed by atoms with Crippen molar-refractivity contribution in [2.24, 2.45) is 5.73 Å². The normalized spacial score (nSPS) is 10.7. The highest BCUT2D eigenvalue weighted by Crippen LogP contribution is 2.20. The van der Waals surface area contributed by atoms with Crippen molar-refractivity contribution in [3.8, 4) is 0 Å². The third kappa shape index (κ3) is 3.85. The van der Waals surface area contributed by atoms with Gasteiger partial charge in [0.25, 0.3) is 0 Å². The van der Waals surface area contributed by atoms with Crippen molar-refractivity contribution < 1.29 is 13.5 Å². The maximum Gasteiger partial charge on any atom is 0.137 e. The van der Waals surface area contributed by atoms with Crippen molar-refractivity contribution in [3.05, 3.63) is 33.8 Å². The number of hydrogen-bond acceptors (Lipinski definition) is 2. The second-order valence-electron chi connectivity index (χ2n) is 3.01. The van der Waals surface area contributed by atoms with Crippen molar-refractivity contribution in [1.29, 1.82) is 0 Å². The summed E-state index contributed by atoms with van der Waals surface area (Å²) in [5, 5.41) is 0. The number of ether oxygens (including phenoxy) is 1. The second-order valence-corrected chi connectivity index (χ2v) is 3.86. The van der Waals surface area contributed by atoms with Crippen LogP contribution in [-0.4, -0.2) is 19.8 Å². The van der Waals surface area contributed by atoms with Crippen LogP contribution >= 0.6 is 15.9 Å². The summed E-state index contributed by atoms with van der Waals surface area (Å²) in [7, 11) is 0. The van der Waals surface area contributed by atoms with E-state index in [1.54, 1.807) is 0 Å². The van der Waals surface area contributed by atoms with E-state index in [1.807, 2.05) is 0 Å². The van der Waals surface area contributed by atoms with Gasteiger partial charge in [-0.05, 0) is 40.0 Å². The molecule has 0 amide bonds. The summed E-state index contributed by atoms with van der Waals surface area (Å²) in [4.78, 5) is 0. The summed E-state index contributed by atoms with van der Waals surface area (Å²) in [5.41, 5.74) is 5.53. The predicted octanol–water partition coefficient (Wildman–Crippen LogP) is 2.25. The minimum Gasteiger partial charge on any atom is -0.380 e. The van der Waals surface area contributed by atoms with Crippen LogP contribution in [-0.2, 0) is 11.2 Å². The number of benzene rings is 1. The summed E-state index contributed by atoms with van der Waals surface area (Å²) < 4.78 is 31.5. The van der Waals surface area contributed by atoms with Crippen molar-refractivity contribution >= 4 is 15.9 Å². The largest absolute Gasteiger partial charge is 0.380 e. The van der Waals surface area contributed by atoms with Gasteiger partial charge in [0.15, 0.2) is 0 Å². The van der Waals surface area contributed by atoms with E-state index < -0.39 is 11.6 Å². The first-order valence-corrected chi connectivity index (χ1v) is 5.35. The lowest BCUT2D eigenvalue weighted by Gasteiger charge is -2.05. The minimum atomic E-state index is -0.467. The Balaban J connectivity index is 2.57. The smallest absolute Gasteiger partial charge is 0.137 e. The molecule has 0 fully saturated rings. The molecule has 1 aromatic carbocycles. The molecular weight excluding hydrogens is 268 g/mol. The van der Waals surface area contributed by atoms with Crippen LogP contribution in [0.4, 0.5) is 8.78 Å². The Morgan fingerprint density at radius 1 is 1.20 bits per heavy atom. The van der Waals surface area contributed by atoms with E-state index >= 15 is 0 Å². The fourth-order valence-corrected chi connectivity index (χ4v) is 1.44. The average Bonchev–Trinajstić information content (AvgIpc) is 2.20. The number of rotatable bonds is 5. The number of hydrogen-bond donors (Lipinski definition) is 1. The molecule has 0 radical (unpaired) electrons. The van der Waals surface area contributed by atoms with Crippen LogP contribution in [0.5, 0.6) is 0 Å². The molecule has 0 bridgehead atoms. The third-order valence-electron chi connectivity index (χ3n) is 1.87. The topological polar surface area (TPSA) is 35.2 Å². The van der Waals surface area contributed by atoms with Crippen molar-refractivity contribution in [2.75, 3.05) is 19.8 Å². The molecule has 15 heavy (non-hydrogen) atoms. The maximum absolute atomic E-state index is 13.3. The summed E-state index contributed by atoms with van der Waals surface area (Å²) in [6, 6.07) is 2.29. The van der Waals surface area contributed by atoms with Crippen LogP contribution < -0.4 is 5.73 Å². The zero-order valence-corrected chi connectivity index (χ0v) is 9.69. The maximum atomic E-state index is 13.3. The Hall–Kier alpha value is -0.520. The molecule has 1 aromatic rings. The van der Waals surface area contributed by atoms with Crippen LogP contribution in [0.25, 0.3) is 0 Å². The molecule has 0 aliphatic rings. The van der Waals surface area contributed by atoms with Gasteiger partial charge >= 0.3 is 0 Å². The van der Waals surface area contributed by atoms with Gasteiger partial charge in [-0.2, -0.15) is 0 Å². The molecule has 0 saturated carbocycles. The van der Waals surface area contributed by atoms with Gasteiger partial charge in [0.2, 0.25) is 0 Å². The van der Waals surface area contributed by atoms with Crippen LogP contribution in [0.1, 0.15) is 5.56 Å². The first-order valence-electron chi connectivity index (χ1n) is 4.56. The lowest BCUT2D eigenvalue weighted by Crippen LogP contribution is -2.10. The van der Waals surface area contributed by atoms with Crippen molar-refractivity contribution in [3.63, 3.8) is 0 Å². The van der Waals surface area contributed by atoms with Crippen LogP contribution in [0, 0.1) is 11.6 Å². The van der Waals surface area contributed by atoms with Crippen molar-refractivity contribution in [2.45, 2.75) is 6.42 Å². The lowest BCUT2D eigenvalue weighted by molar-refractivity contribution is 0.144. The molecule has 0 aliphatic carbocycles. The van der Waals surface area contributed by atoms with Crippen molar-refractivity contribution in [1.82, 2.24) is 0 Å². The fraction of sp³-hybridized carbons (Fsp3) is 0.400. The molecule has 2 nitrogen and oxygen atoms in total.